The monoisotopic (exact) mass is 2050 g/mol. The van der Waals surface area contributed by atoms with E-state index in [1.54, 1.807) is 44.4 Å². The molecule has 26 nitrogen and oxygen atoms in total. The third kappa shape index (κ3) is 30.3. The Morgan fingerprint density at radius 1 is 0.286 bits per heavy atom. The van der Waals surface area contributed by atoms with Gasteiger partial charge in [0, 0.05) is 117 Å². The number of nitrogens with zero attached hydrogens (tertiary/aromatic N) is 18. The molecular weight excluding hydrogens is 1960 g/mol. The van der Waals surface area contributed by atoms with Gasteiger partial charge in [-0.25, -0.2) is 30.0 Å². The van der Waals surface area contributed by atoms with Gasteiger partial charge < -0.3 is 9.72 Å². The normalized spacial score (nSPS) is 10.9. The van der Waals surface area contributed by atoms with Gasteiger partial charge in [-0.3, -0.25) is 30.6 Å². The second-order valence-electron chi connectivity index (χ2n) is 32.8. The Labute approximate surface area is 878 Å². The fourth-order valence-electron chi connectivity index (χ4n) is 14.6. The first-order valence-electron chi connectivity index (χ1n) is 45.7. The van der Waals surface area contributed by atoms with Gasteiger partial charge in [-0.15, -0.1) is 0 Å². The van der Waals surface area contributed by atoms with Gasteiger partial charge in [-0.05, 0) is 184 Å². The van der Waals surface area contributed by atoms with Crippen LogP contribution in [0.2, 0.25) is 30.1 Å². The molecule has 12 aromatic carbocycles. The summed E-state index contributed by atoms with van der Waals surface area (Å²) >= 11 is 35.4. The van der Waals surface area contributed by atoms with E-state index < -0.39 is 0 Å². The lowest BCUT2D eigenvalue weighted by atomic mass is 10.1. The molecule has 0 spiro atoms. The Balaban J connectivity index is 0.000000139. The van der Waals surface area contributed by atoms with E-state index in [0.717, 1.165) is 118 Å². The summed E-state index contributed by atoms with van der Waals surface area (Å²) in [4.78, 5) is 29.1. The Morgan fingerprint density at radius 2 is 0.571 bits per heavy atom. The molecular formula is C115H89Cl6N25O. The number of para-hydroxylation sites is 1. The molecule has 7 N–H and O–H groups in total. The summed E-state index contributed by atoms with van der Waals surface area (Å²) in [5.74, 6) is 3.08. The summed E-state index contributed by atoms with van der Waals surface area (Å²) < 4.78 is 5.29. The van der Waals surface area contributed by atoms with Crippen molar-refractivity contribution in [2.45, 2.75) is 65.7 Å². The van der Waals surface area contributed by atoms with E-state index in [1.807, 2.05) is 287 Å². The number of methoxy groups -OCH3 is 1. The van der Waals surface area contributed by atoms with Crippen LogP contribution in [-0.2, 0) is 44.9 Å². The van der Waals surface area contributed by atoms with E-state index in [-0.39, 0.29) is 0 Å². The highest BCUT2D eigenvalue weighted by molar-refractivity contribution is 6.32. The number of aromatic nitrogens is 13. The first-order valence-corrected chi connectivity index (χ1v) is 48.0. The van der Waals surface area contributed by atoms with Gasteiger partial charge >= 0.3 is 0 Å². The molecule has 0 aliphatic heterocycles. The molecule has 19 aromatic rings. The molecule has 147 heavy (non-hydrogen) atoms. The van der Waals surface area contributed by atoms with E-state index in [4.69, 9.17) is 74.3 Å². The predicted octanol–water partition coefficient (Wildman–Crippen LogP) is 27.3. The lowest BCUT2D eigenvalue weighted by molar-refractivity contribution is 0.414. The van der Waals surface area contributed by atoms with Crippen molar-refractivity contribution in [3.63, 3.8) is 0 Å². The molecule has 7 heterocycles. The van der Waals surface area contributed by atoms with E-state index in [0.29, 0.717) is 143 Å². The molecule has 19 rings (SSSR count). The van der Waals surface area contributed by atoms with Crippen LogP contribution >= 0.6 is 69.6 Å². The van der Waals surface area contributed by atoms with Crippen molar-refractivity contribution in [3.8, 4) is 42.2 Å². The summed E-state index contributed by atoms with van der Waals surface area (Å²) in [5, 5.41) is 106. The highest BCUT2D eigenvalue weighted by Crippen LogP contribution is 2.32. The van der Waals surface area contributed by atoms with Crippen LogP contribution in [0, 0.1) is 81.8 Å². The Bertz CT molecular complexity index is 7980. The Kier molecular flexibility index (Phi) is 37.9. The van der Waals surface area contributed by atoms with Crippen LogP contribution in [0.3, 0.4) is 0 Å². The maximum atomic E-state index is 9.57. The first-order chi connectivity index (χ1) is 71.7. The van der Waals surface area contributed by atoms with Gasteiger partial charge in [0.05, 0.1) is 53.2 Å². The van der Waals surface area contributed by atoms with Gasteiger partial charge in [0.15, 0.2) is 34.9 Å². The number of aryl methyl sites for hydroxylation is 3. The van der Waals surface area contributed by atoms with Gasteiger partial charge in [0.1, 0.15) is 75.5 Å². The number of H-pyrrole nitrogens is 7. The van der Waals surface area contributed by atoms with Crippen LogP contribution in [-0.4, -0.2) is 111 Å². The van der Waals surface area contributed by atoms with Crippen LogP contribution in [0.15, 0.2) is 333 Å². The number of benzene rings is 12. The minimum atomic E-state index is 0.359. The maximum Gasteiger partial charge on any atom is 0.191 e. The van der Waals surface area contributed by atoms with Crippen molar-refractivity contribution in [1.82, 2.24) is 66.2 Å². The Hall–Kier alpha value is -18.1. The summed E-state index contributed by atoms with van der Waals surface area (Å²) in [6.07, 6.45) is 16.4. The lowest BCUT2D eigenvalue weighted by Gasteiger charge is -2.02. The molecule has 0 radical (unpaired) electrons. The van der Waals surface area contributed by atoms with Crippen molar-refractivity contribution in [1.29, 1.82) is 31.6 Å². The van der Waals surface area contributed by atoms with Crippen LogP contribution in [0.25, 0.3) is 10.8 Å². The third-order valence-electron chi connectivity index (χ3n) is 22.5. The molecule has 0 aliphatic carbocycles. The lowest BCUT2D eigenvalue weighted by Crippen LogP contribution is -1.91. The third-order valence-corrected chi connectivity index (χ3v) is 24.0. The molecule has 722 valence electrons. The number of fused-ring (bicyclic) bond motifs is 1. The largest absolute Gasteiger partial charge is 0.496 e. The summed E-state index contributed by atoms with van der Waals surface area (Å²) in [6, 6.07) is 108. The zero-order valence-corrected chi connectivity index (χ0v) is 84.0. The number of aromatic amines is 7. The maximum absolute atomic E-state index is 9.57. The van der Waals surface area contributed by atoms with Gasteiger partial charge in [0.2, 0.25) is 0 Å². The number of ether oxygens (including phenoxy) is 1. The van der Waals surface area contributed by atoms with Crippen molar-refractivity contribution >= 4 is 153 Å². The number of rotatable bonds is 26. The summed E-state index contributed by atoms with van der Waals surface area (Å²) in [5.41, 5.74) is 22.7. The topological polar surface area (TPSA) is 414 Å². The fraction of sp³-hybridized carbons (Fsp3) is 0.0957. The SMILES string of the molecule is CCc1cccc(C=Nc2n[nH]c(Cc3ccc(Cl)cc3)c2C#N)c1.COc1ccccc1C=Nc1n[nH]c(Cc2ccc(Cl)cc2)c1C#N.Cc1ccc(C=Nc2n[nH]c(Cc3ccc(Cl)cc3)c2C#N)cc1.Cc1ccc(C=Nc2n[nH]c(Cc3ccc(Cl)cc3)c2C#N)cc1.N#Cc1c(N=Cc2ccc[nH]2)n[nH]c1Cc1ccc(Cl)cc1.N#Cc1c(N=Cc2cccc3ccccc23)n[nH]c1Cc1ccc(Cl)cc1. The first kappa shape index (κ1) is 105. The van der Waals surface area contributed by atoms with Crippen molar-refractivity contribution in [2.75, 3.05) is 7.11 Å². The predicted molar refractivity (Wildman–Crippen MR) is 585 cm³/mol. The van der Waals surface area contributed by atoms with Gasteiger partial charge in [-0.2, -0.15) is 62.2 Å². The van der Waals surface area contributed by atoms with Crippen molar-refractivity contribution < 1.29 is 4.74 Å². The minimum Gasteiger partial charge on any atom is -0.496 e. The number of hydrogen-bond acceptors (Lipinski definition) is 19. The molecule has 0 aliphatic rings. The van der Waals surface area contributed by atoms with Crippen molar-refractivity contribution in [3.05, 3.63) is 485 Å². The number of aliphatic imine (C=N–C) groups is 6. The molecule has 7 aromatic heterocycles. The van der Waals surface area contributed by atoms with Crippen LogP contribution in [0.4, 0.5) is 34.9 Å². The second-order valence-corrected chi connectivity index (χ2v) is 35.4. The highest BCUT2D eigenvalue weighted by atomic mass is 35.5. The number of nitrogens with one attached hydrogen (secondary N) is 7. The van der Waals surface area contributed by atoms with Crippen molar-refractivity contribution in [2.24, 2.45) is 30.0 Å². The highest BCUT2D eigenvalue weighted by Gasteiger charge is 2.20. The van der Waals surface area contributed by atoms with Crippen LogP contribution in [0.1, 0.15) is 158 Å². The van der Waals surface area contributed by atoms with E-state index in [9.17, 15) is 31.6 Å². The molecule has 0 bridgehead atoms. The smallest absolute Gasteiger partial charge is 0.191 e. The molecule has 32 heteroatoms. The minimum absolute atomic E-state index is 0.359. The quantitative estimate of drug-likeness (QED) is 0.0248. The zero-order valence-electron chi connectivity index (χ0n) is 79.5. The second kappa shape index (κ2) is 53.2. The molecule has 0 saturated heterocycles. The van der Waals surface area contributed by atoms with Crippen LogP contribution < -0.4 is 4.74 Å². The number of hydrogen-bond donors (Lipinski definition) is 7. The Morgan fingerprint density at radius 3 is 0.891 bits per heavy atom. The average Bonchev–Trinajstić information content (AvgIpc) is 1.79. The van der Waals surface area contributed by atoms with Gasteiger partial charge in [0.25, 0.3) is 0 Å². The number of halogens is 6. The fourth-order valence-corrected chi connectivity index (χ4v) is 15.4. The van der Waals surface area contributed by atoms with E-state index >= 15 is 0 Å². The molecule has 0 unspecified atom stereocenters. The van der Waals surface area contributed by atoms with Crippen LogP contribution in [0.5, 0.6) is 5.75 Å². The molecule has 0 fully saturated rings. The molecule has 0 atom stereocenters. The summed E-state index contributed by atoms with van der Waals surface area (Å²) in [7, 11) is 1.60. The van der Waals surface area contributed by atoms with E-state index in [1.165, 1.54) is 16.7 Å². The standard InChI is InChI=1S/C22H15ClN4.C20H17ClN4.C19H15ClN4O.2C19H15ClN4.C16H12ClN5/c23-18-10-8-15(9-11-18)12-21-20(13-24)22(27-26-21)25-14-17-6-3-5-16-4-1-2-7-19(16)17;1-2-14-4-3-5-16(10-14)13-23-20-18(12-22)19(24-25-20)11-15-6-8-17(21)9-7-15;1-25-18-5-3-2-4-14(18)12-22-19-16(11-21)17(23-24-19)10-13-6-8-15(20)9-7-13;2*1-13-2-4-15(5-3-13)12-22-19-17(11-21)18(23-24-19)10-14-6-8-16(20)9-7-14;17-12-5-3-11(4-6-12)8-15-14(9-18)16(22-21-15)20-10-13-2-1-7-19-13/h1-11,14H,12H2,(H,26,27);3-10,13H,2,11H2,1H3,(H,24,25);2-9,12H,10H2,1H3,(H,23,24);2*2-9,12H,10H2,1H3,(H,23,24);1-7,10,19H,8H2,(H,21,22). The summed E-state index contributed by atoms with van der Waals surface area (Å²) in [6.45, 7) is 6.18. The molecule has 0 amide bonds. The zero-order chi connectivity index (χ0) is 103. The van der Waals surface area contributed by atoms with E-state index in [2.05, 4.69) is 170 Å². The molecule has 0 saturated carbocycles. The number of nitriles is 6. The average molecular weight is 2050 g/mol. The van der Waals surface area contributed by atoms with Gasteiger partial charge in [-0.1, -0.05) is 288 Å².